The fourth-order valence-electron chi connectivity index (χ4n) is 3.70. The van der Waals surface area contributed by atoms with E-state index in [1.165, 1.54) is 112 Å². The van der Waals surface area contributed by atoms with Gasteiger partial charge in [-0.15, -0.1) is 0 Å². The summed E-state index contributed by atoms with van der Waals surface area (Å²) in [6.07, 6.45) is 0. The van der Waals surface area contributed by atoms with Crippen molar-refractivity contribution in [2.45, 2.75) is 20.8 Å². The van der Waals surface area contributed by atoms with E-state index in [4.69, 9.17) is 28.4 Å². The van der Waals surface area contributed by atoms with E-state index in [-0.39, 0.29) is 51.2 Å². The first-order chi connectivity index (χ1) is 21.4. The molecule has 0 fully saturated rings. The van der Waals surface area contributed by atoms with Crippen LogP contribution in [-0.2, 0) is 14.4 Å². The molecule has 0 heterocycles. The number of carbonyl (C=O) groups is 6. The minimum Gasteiger partial charge on any atom is -0.427 e. The smallest absolute Gasteiger partial charge is 0.343 e. The van der Waals surface area contributed by atoms with Crippen LogP contribution >= 0.6 is 0 Å². The highest BCUT2D eigenvalue weighted by molar-refractivity contribution is 6.02. The number of benzene rings is 4. The van der Waals surface area contributed by atoms with Gasteiger partial charge in [0.15, 0.2) is 0 Å². The Balaban J connectivity index is 1.59. The molecule has 12 heteroatoms. The van der Waals surface area contributed by atoms with Crippen molar-refractivity contribution < 1.29 is 57.2 Å². The maximum Gasteiger partial charge on any atom is 0.343 e. The van der Waals surface area contributed by atoms with Crippen molar-refractivity contribution in [2.24, 2.45) is 0 Å². The first-order valence-electron chi connectivity index (χ1n) is 13.1. The highest BCUT2D eigenvalue weighted by Gasteiger charge is 2.21. The van der Waals surface area contributed by atoms with E-state index in [1.807, 2.05) is 0 Å². The zero-order valence-corrected chi connectivity index (χ0v) is 24.1. The van der Waals surface area contributed by atoms with Gasteiger partial charge < -0.3 is 28.4 Å². The fourth-order valence-corrected chi connectivity index (χ4v) is 3.70. The molecule has 45 heavy (non-hydrogen) atoms. The lowest BCUT2D eigenvalue weighted by atomic mass is 10.1. The molecule has 4 aromatic rings. The van der Waals surface area contributed by atoms with E-state index < -0.39 is 35.8 Å². The van der Waals surface area contributed by atoms with Gasteiger partial charge >= 0.3 is 35.8 Å². The molecule has 0 aliphatic rings. The molecule has 0 saturated carbocycles. The maximum atomic E-state index is 13.1. The summed E-state index contributed by atoms with van der Waals surface area (Å²) in [6, 6.07) is 20.4. The lowest BCUT2D eigenvalue weighted by molar-refractivity contribution is -0.132. The molecule has 0 atom stereocenters. The Labute approximate surface area is 256 Å². The fraction of sp³-hybridized carbons (Fsp3) is 0.0909. The number of esters is 6. The minimum atomic E-state index is -0.921. The Hall–Kier alpha value is -6.30. The van der Waals surface area contributed by atoms with Crippen molar-refractivity contribution in [3.63, 3.8) is 0 Å². The summed E-state index contributed by atoms with van der Waals surface area (Å²) in [6.45, 7) is 3.72. The van der Waals surface area contributed by atoms with Crippen LogP contribution < -0.4 is 28.4 Å². The third-order valence-electron chi connectivity index (χ3n) is 5.53. The Morgan fingerprint density at radius 3 is 0.689 bits per heavy atom. The van der Waals surface area contributed by atoms with Crippen molar-refractivity contribution in [2.75, 3.05) is 0 Å². The topological polar surface area (TPSA) is 158 Å². The molecule has 0 bridgehead atoms. The second-order valence-corrected chi connectivity index (χ2v) is 9.16. The summed E-state index contributed by atoms with van der Waals surface area (Å²) in [5.41, 5.74) is -0.553. The Kier molecular flexibility index (Phi) is 10.0. The quantitative estimate of drug-likeness (QED) is 0.182. The van der Waals surface area contributed by atoms with Crippen LogP contribution in [0.1, 0.15) is 51.8 Å². The van der Waals surface area contributed by atoms with Crippen LogP contribution in [0.2, 0.25) is 0 Å². The molecule has 4 aromatic carbocycles. The Morgan fingerprint density at radius 2 is 0.511 bits per heavy atom. The van der Waals surface area contributed by atoms with E-state index in [0.717, 1.165) is 0 Å². The largest absolute Gasteiger partial charge is 0.427 e. The summed E-state index contributed by atoms with van der Waals surface area (Å²) in [5.74, 6) is -3.36. The van der Waals surface area contributed by atoms with Crippen LogP contribution in [0.3, 0.4) is 0 Å². The zero-order chi connectivity index (χ0) is 32.5. The van der Waals surface area contributed by atoms with Crippen molar-refractivity contribution in [1.29, 1.82) is 0 Å². The number of rotatable bonds is 9. The highest BCUT2D eigenvalue weighted by atomic mass is 16.6. The van der Waals surface area contributed by atoms with Gasteiger partial charge in [-0.05, 0) is 91.0 Å². The zero-order valence-electron chi connectivity index (χ0n) is 24.1. The van der Waals surface area contributed by atoms with Gasteiger partial charge in [0.05, 0.1) is 16.7 Å². The second kappa shape index (κ2) is 14.2. The maximum absolute atomic E-state index is 13.1. The Morgan fingerprint density at radius 1 is 0.333 bits per heavy atom. The van der Waals surface area contributed by atoms with Gasteiger partial charge in [0.25, 0.3) is 0 Å². The lowest BCUT2D eigenvalue weighted by Crippen LogP contribution is -2.16. The third-order valence-corrected chi connectivity index (χ3v) is 5.53. The van der Waals surface area contributed by atoms with Crippen molar-refractivity contribution in [3.8, 4) is 34.5 Å². The molecule has 0 radical (unpaired) electrons. The SMILES string of the molecule is CC(=O)Oc1ccc(OC(=O)c2cc(C(=O)Oc3ccc(OC(C)=O)cc3)cc(C(=O)Oc3ccc(OC(C)=O)cc3)c2)cc1. The number of hydrogen-bond donors (Lipinski definition) is 0. The van der Waals surface area contributed by atoms with Gasteiger partial charge in [0.2, 0.25) is 0 Å². The van der Waals surface area contributed by atoms with E-state index >= 15 is 0 Å². The molecule has 0 unspecified atom stereocenters. The van der Waals surface area contributed by atoms with Gasteiger partial charge in [0.1, 0.15) is 34.5 Å². The number of hydrogen-bond acceptors (Lipinski definition) is 12. The van der Waals surface area contributed by atoms with Crippen molar-refractivity contribution in [1.82, 2.24) is 0 Å². The summed E-state index contributed by atoms with van der Waals surface area (Å²) < 4.78 is 31.1. The van der Waals surface area contributed by atoms with E-state index in [2.05, 4.69) is 0 Å². The van der Waals surface area contributed by atoms with Crippen LogP contribution in [0.5, 0.6) is 34.5 Å². The van der Waals surface area contributed by atoms with Gasteiger partial charge in [-0.1, -0.05) is 0 Å². The molecule has 0 aliphatic carbocycles. The first-order valence-corrected chi connectivity index (χ1v) is 13.1. The summed E-state index contributed by atoms with van der Waals surface area (Å²) in [4.78, 5) is 72.8. The van der Waals surface area contributed by atoms with E-state index in [9.17, 15) is 28.8 Å². The number of carbonyl (C=O) groups excluding carboxylic acids is 6. The molecule has 0 aromatic heterocycles. The van der Waals surface area contributed by atoms with E-state index in [1.54, 1.807) is 0 Å². The summed E-state index contributed by atoms with van der Waals surface area (Å²) in [7, 11) is 0. The van der Waals surface area contributed by atoms with Gasteiger partial charge in [-0.3, -0.25) is 14.4 Å². The summed E-state index contributed by atoms with van der Waals surface area (Å²) in [5, 5.41) is 0. The molecule has 12 nitrogen and oxygen atoms in total. The number of ether oxygens (including phenoxy) is 6. The molecule has 0 saturated heterocycles. The van der Waals surface area contributed by atoms with Crippen LogP contribution in [0.4, 0.5) is 0 Å². The molecule has 228 valence electrons. The molecular weight excluding hydrogens is 588 g/mol. The molecule has 0 aliphatic heterocycles. The molecular formula is C33H24O12. The summed E-state index contributed by atoms with van der Waals surface area (Å²) >= 11 is 0. The van der Waals surface area contributed by atoms with Crippen molar-refractivity contribution in [3.05, 3.63) is 108 Å². The third kappa shape index (κ3) is 9.35. The molecule has 4 rings (SSSR count). The van der Waals surface area contributed by atoms with Gasteiger partial charge in [0, 0.05) is 20.8 Å². The van der Waals surface area contributed by atoms with Crippen LogP contribution in [0, 0.1) is 0 Å². The molecule has 0 spiro atoms. The van der Waals surface area contributed by atoms with Gasteiger partial charge in [-0.2, -0.15) is 0 Å². The van der Waals surface area contributed by atoms with Crippen molar-refractivity contribution >= 4 is 35.8 Å². The Bertz CT molecular complexity index is 1530. The molecule has 0 N–H and O–H groups in total. The van der Waals surface area contributed by atoms with Crippen LogP contribution in [0.15, 0.2) is 91.0 Å². The lowest BCUT2D eigenvalue weighted by Gasteiger charge is -2.11. The first kappa shape index (κ1) is 31.6. The normalized spacial score (nSPS) is 10.2. The van der Waals surface area contributed by atoms with E-state index in [0.29, 0.717) is 0 Å². The standard InChI is InChI=1S/C33H24O12/c1-19(34)40-25-4-10-28(11-5-25)43-31(37)22-16-23(32(38)44-29-12-6-26(7-13-29)41-20(2)35)18-24(17-22)33(39)45-30-14-8-27(9-15-30)42-21(3)36/h4-18H,1-3H3. The van der Waals surface area contributed by atoms with Crippen LogP contribution in [0.25, 0.3) is 0 Å². The average molecular weight is 613 g/mol. The highest BCUT2D eigenvalue weighted by Crippen LogP contribution is 2.24. The molecule has 0 amide bonds. The average Bonchev–Trinajstić information content (AvgIpc) is 2.99. The van der Waals surface area contributed by atoms with Crippen LogP contribution in [-0.4, -0.2) is 35.8 Å². The second-order valence-electron chi connectivity index (χ2n) is 9.16. The van der Waals surface area contributed by atoms with Gasteiger partial charge in [-0.25, -0.2) is 14.4 Å². The minimum absolute atomic E-state index is 0.0914. The predicted octanol–water partition coefficient (Wildman–Crippen LogP) is 5.12. The monoisotopic (exact) mass is 612 g/mol. The predicted molar refractivity (Wildman–Crippen MR) is 155 cm³/mol.